The molecule has 0 bridgehead atoms. The lowest BCUT2D eigenvalue weighted by Crippen LogP contribution is -2.36. The van der Waals surface area contributed by atoms with Crippen LogP contribution in [0.1, 0.15) is 21.5 Å². The third kappa shape index (κ3) is 4.98. The Kier molecular flexibility index (Phi) is 6.83. The quantitative estimate of drug-likeness (QED) is 0.378. The van der Waals surface area contributed by atoms with Crippen LogP contribution in [0, 0.1) is 0 Å². The van der Waals surface area contributed by atoms with Crippen LogP contribution in [-0.2, 0) is 6.42 Å². The molecule has 6 heteroatoms. The molecule has 0 spiro atoms. The Labute approximate surface area is 192 Å². The van der Waals surface area contributed by atoms with Crippen LogP contribution in [-0.4, -0.2) is 50.1 Å². The maximum absolute atomic E-state index is 13.5. The minimum absolute atomic E-state index is 0.0452. The minimum Gasteiger partial charge on any atom is -0.494 e. The van der Waals surface area contributed by atoms with Crippen LogP contribution >= 0.6 is 11.3 Å². The summed E-state index contributed by atoms with van der Waals surface area (Å²) >= 11 is 1.51. The second-order valence-electron chi connectivity index (χ2n) is 7.92. The number of aromatic nitrogens is 1. The summed E-state index contributed by atoms with van der Waals surface area (Å²) in [5.74, 6) is 0.673. The fourth-order valence-electron chi connectivity index (χ4n) is 3.53. The number of fused-ring (bicyclic) bond motifs is 1. The largest absolute Gasteiger partial charge is 0.494 e. The van der Waals surface area contributed by atoms with Crippen molar-refractivity contribution < 1.29 is 9.53 Å². The predicted molar refractivity (Wildman–Crippen MR) is 132 cm³/mol. The first-order valence-electron chi connectivity index (χ1n) is 10.6. The molecule has 0 saturated heterocycles. The van der Waals surface area contributed by atoms with Gasteiger partial charge in [0, 0.05) is 18.7 Å². The Morgan fingerprint density at radius 1 is 0.906 bits per heavy atom. The molecule has 1 aromatic heterocycles. The van der Waals surface area contributed by atoms with E-state index in [0.717, 1.165) is 28.9 Å². The van der Waals surface area contributed by atoms with Crippen LogP contribution in [0.25, 0.3) is 10.2 Å². The number of methoxy groups -OCH3 is 1. The van der Waals surface area contributed by atoms with Gasteiger partial charge in [-0.3, -0.25) is 9.69 Å². The number of amides is 1. The number of anilines is 1. The summed E-state index contributed by atoms with van der Waals surface area (Å²) in [5, 5.41) is 0.685. The van der Waals surface area contributed by atoms with Crippen molar-refractivity contribution in [2.45, 2.75) is 6.42 Å². The number of nitrogens with zero attached hydrogens (tertiary/aromatic N) is 3. The summed E-state index contributed by atoms with van der Waals surface area (Å²) in [6.07, 6.45) is 0.845. The maximum Gasteiger partial charge on any atom is 0.260 e. The highest BCUT2D eigenvalue weighted by molar-refractivity contribution is 7.22. The zero-order valence-electron chi connectivity index (χ0n) is 18.6. The number of likely N-dealkylation sites (N-methyl/N-ethyl adjacent to an activating group) is 1. The van der Waals surface area contributed by atoms with Crippen LogP contribution in [0.5, 0.6) is 5.75 Å². The first-order chi connectivity index (χ1) is 15.5. The lowest BCUT2D eigenvalue weighted by molar-refractivity contribution is 0.0985. The van der Waals surface area contributed by atoms with Gasteiger partial charge in [0.25, 0.3) is 5.91 Å². The highest BCUT2D eigenvalue weighted by Gasteiger charge is 2.22. The number of rotatable bonds is 8. The molecular formula is C26H27N3O2S. The molecular weight excluding hydrogens is 418 g/mol. The zero-order chi connectivity index (χ0) is 22.5. The Morgan fingerprint density at radius 2 is 1.62 bits per heavy atom. The second-order valence-corrected chi connectivity index (χ2v) is 8.93. The van der Waals surface area contributed by atoms with Crippen molar-refractivity contribution in [1.29, 1.82) is 0 Å². The molecule has 0 aliphatic rings. The number of carbonyl (C=O) groups is 1. The van der Waals surface area contributed by atoms with Gasteiger partial charge in [0.1, 0.15) is 11.3 Å². The van der Waals surface area contributed by atoms with Gasteiger partial charge in [-0.2, -0.15) is 0 Å². The number of benzene rings is 3. The van der Waals surface area contributed by atoms with E-state index in [1.54, 1.807) is 12.0 Å². The van der Waals surface area contributed by atoms with Crippen molar-refractivity contribution >= 4 is 32.6 Å². The Morgan fingerprint density at radius 3 is 2.31 bits per heavy atom. The first kappa shape index (κ1) is 22.0. The number of hydrogen-bond donors (Lipinski definition) is 0. The van der Waals surface area contributed by atoms with E-state index >= 15 is 0 Å². The van der Waals surface area contributed by atoms with Crippen molar-refractivity contribution in [3.05, 3.63) is 89.5 Å². The fraction of sp³-hybridized carbons (Fsp3) is 0.231. The molecule has 0 saturated carbocycles. The molecule has 4 rings (SSSR count). The Hall–Kier alpha value is -3.22. The van der Waals surface area contributed by atoms with Gasteiger partial charge in [0.2, 0.25) is 0 Å². The summed E-state index contributed by atoms with van der Waals surface area (Å²) in [6.45, 7) is 1.30. The van der Waals surface area contributed by atoms with Crippen molar-refractivity contribution in [2.75, 3.05) is 39.2 Å². The number of hydrogen-bond acceptors (Lipinski definition) is 5. The molecule has 32 heavy (non-hydrogen) atoms. The summed E-state index contributed by atoms with van der Waals surface area (Å²) in [4.78, 5) is 22.1. The fourth-order valence-corrected chi connectivity index (χ4v) is 4.54. The van der Waals surface area contributed by atoms with E-state index in [4.69, 9.17) is 9.72 Å². The van der Waals surface area contributed by atoms with Gasteiger partial charge in [-0.05, 0) is 55.9 Å². The summed E-state index contributed by atoms with van der Waals surface area (Å²) in [6, 6.07) is 24.1. The summed E-state index contributed by atoms with van der Waals surface area (Å²) < 4.78 is 6.46. The van der Waals surface area contributed by atoms with Crippen LogP contribution in [0.3, 0.4) is 0 Å². The topological polar surface area (TPSA) is 45.7 Å². The van der Waals surface area contributed by atoms with Gasteiger partial charge in [0.05, 0.1) is 11.8 Å². The molecule has 4 aromatic rings. The van der Waals surface area contributed by atoms with Crippen LogP contribution in [0.2, 0.25) is 0 Å². The minimum atomic E-state index is -0.0452. The molecule has 3 aromatic carbocycles. The molecule has 164 valence electrons. The molecule has 0 N–H and O–H groups in total. The number of thiazole rings is 1. The van der Waals surface area contributed by atoms with Gasteiger partial charge < -0.3 is 9.64 Å². The summed E-state index contributed by atoms with van der Waals surface area (Å²) in [5.41, 5.74) is 3.88. The van der Waals surface area contributed by atoms with E-state index in [1.165, 1.54) is 22.5 Å². The van der Waals surface area contributed by atoms with E-state index in [-0.39, 0.29) is 5.91 Å². The first-order valence-corrected chi connectivity index (χ1v) is 11.4. The molecule has 0 fully saturated rings. The third-order valence-electron chi connectivity index (χ3n) is 5.29. The molecule has 0 aliphatic heterocycles. The van der Waals surface area contributed by atoms with Gasteiger partial charge >= 0.3 is 0 Å². The van der Waals surface area contributed by atoms with Crippen molar-refractivity contribution in [3.8, 4) is 5.75 Å². The molecule has 0 atom stereocenters. The zero-order valence-corrected chi connectivity index (χ0v) is 19.4. The Bertz CT molecular complexity index is 1190. The average molecular weight is 446 g/mol. The number of carbonyl (C=O) groups excluding carboxylic acids is 1. The molecule has 0 radical (unpaired) electrons. The molecule has 1 heterocycles. The monoisotopic (exact) mass is 445 g/mol. The van der Waals surface area contributed by atoms with Crippen LogP contribution in [0.15, 0.2) is 72.8 Å². The van der Waals surface area contributed by atoms with Gasteiger partial charge in [-0.1, -0.05) is 59.9 Å². The highest BCUT2D eigenvalue weighted by Crippen LogP contribution is 2.34. The smallest absolute Gasteiger partial charge is 0.260 e. The van der Waals surface area contributed by atoms with Gasteiger partial charge in [0.15, 0.2) is 5.13 Å². The van der Waals surface area contributed by atoms with E-state index in [9.17, 15) is 4.79 Å². The van der Waals surface area contributed by atoms with E-state index in [0.29, 0.717) is 17.2 Å². The van der Waals surface area contributed by atoms with E-state index in [1.807, 2.05) is 74.8 Å². The van der Waals surface area contributed by atoms with Crippen LogP contribution < -0.4 is 9.64 Å². The normalized spacial score (nSPS) is 11.1. The Balaban J connectivity index is 1.61. The predicted octanol–water partition coefficient (Wildman–Crippen LogP) is 5.10. The SMILES string of the molecule is COc1cccc2sc(N(CCN(C)C)C(=O)c3ccc(Cc4ccccc4)cc3)nc12. The van der Waals surface area contributed by atoms with E-state index in [2.05, 4.69) is 17.0 Å². The van der Waals surface area contributed by atoms with Gasteiger partial charge in [-0.25, -0.2) is 4.98 Å². The number of ether oxygens (including phenoxy) is 1. The maximum atomic E-state index is 13.5. The molecule has 0 unspecified atom stereocenters. The van der Waals surface area contributed by atoms with Crippen LogP contribution in [0.4, 0.5) is 5.13 Å². The lowest BCUT2D eigenvalue weighted by atomic mass is 10.0. The van der Waals surface area contributed by atoms with E-state index < -0.39 is 0 Å². The standard InChI is InChI=1S/C26H27N3O2S/c1-28(2)16-17-29(26-27-24-22(31-3)10-7-11-23(24)32-26)25(30)21-14-12-20(13-15-21)18-19-8-5-4-6-9-19/h4-15H,16-18H2,1-3H3. The van der Waals surface area contributed by atoms with Gasteiger partial charge in [-0.15, -0.1) is 0 Å². The molecule has 5 nitrogen and oxygen atoms in total. The third-order valence-corrected chi connectivity index (χ3v) is 6.33. The lowest BCUT2D eigenvalue weighted by Gasteiger charge is -2.22. The molecule has 0 aliphatic carbocycles. The second kappa shape index (κ2) is 9.94. The molecule has 1 amide bonds. The van der Waals surface area contributed by atoms with Crippen molar-refractivity contribution in [3.63, 3.8) is 0 Å². The average Bonchev–Trinajstić information content (AvgIpc) is 3.24. The van der Waals surface area contributed by atoms with Crippen molar-refractivity contribution in [2.24, 2.45) is 0 Å². The summed E-state index contributed by atoms with van der Waals surface area (Å²) in [7, 11) is 5.64. The van der Waals surface area contributed by atoms with Crippen molar-refractivity contribution in [1.82, 2.24) is 9.88 Å². The number of para-hydroxylation sites is 1. The highest BCUT2D eigenvalue weighted by atomic mass is 32.1.